The minimum Gasteiger partial charge on any atom is -0.469 e. The molecule has 1 aliphatic carbocycles. The average molecular weight is 338 g/mol. The molecule has 1 aromatic carbocycles. The van der Waals surface area contributed by atoms with E-state index >= 15 is 0 Å². The van der Waals surface area contributed by atoms with Crippen molar-refractivity contribution >= 4 is 11.8 Å². The van der Waals surface area contributed by atoms with Gasteiger partial charge in [0, 0.05) is 6.42 Å². The fourth-order valence-electron chi connectivity index (χ4n) is 3.14. The summed E-state index contributed by atoms with van der Waals surface area (Å²) in [5.74, 6) is -0.771. The maximum Gasteiger partial charge on any atom is 0.313 e. The number of methoxy groups -OCH3 is 1. The number of benzene rings is 1. The van der Waals surface area contributed by atoms with E-state index in [0.29, 0.717) is 13.6 Å². The molecule has 132 valence electrons. The van der Waals surface area contributed by atoms with Crippen molar-refractivity contribution in [2.75, 3.05) is 14.3 Å². The highest BCUT2D eigenvalue weighted by molar-refractivity contribution is 5.94. The molecule has 0 amide bonds. The van der Waals surface area contributed by atoms with Crippen LogP contribution in [0, 0.1) is 17.7 Å². The van der Waals surface area contributed by atoms with Gasteiger partial charge in [0.05, 0.1) is 20.2 Å². The molecule has 0 saturated carbocycles. The number of carbonyl (C=O) groups excluding carboxylic acids is 2. The fourth-order valence-corrected chi connectivity index (χ4v) is 3.14. The number of ketones is 1. The van der Waals surface area contributed by atoms with Crippen LogP contribution in [0.3, 0.4) is 0 Å². The molecule has 0 aliphatic heterocycles. The number of ether oxygens (including phenoxy) is 1. The monoisotopic (exact) mass is 338 g/mol. The van der Waals surface area contributed by atoms with Gasteiger partial charge in [0.15, 0.2) is 5.78 Å². The molecule has 5 heteroatoms. The van der Waals surface area contributed by atoms with E-state index in [4.69, 9.17) is 4.74 Å². The summed E-state index contributed by atoms with van der Waals surface area (Å²) in [6.45, 7) is 1.81. The summed E-state index contributed by atoms with van der Waals surface area (Å²) in [5.41, 5.74) is 1.85. The number of halogens is 2. The molecule has 0 saturated heterocycles. The Balaban J connectivity index is 0.00000139. The molecular weight excluding hydrogens is 314 g/mol. The number of carbonyl (C=O) groups is 2. The van der Waals surface area contributed by atoms with E-state index in [0.717, 1.165) is 30.4 Å². The molecule has 0 fully saturated rings. The van der Waals surface area contributed by atoms with Gasteiger partial charge in [0.1, 0.15) is 5.82 Å². The van der Waals surface area contributed by atoms with Gasteiger partial charge in [-0.05, 0) is 55.9 Å². The van der Waals surface area contributed by atoms with Gasteiger partial charge in [-0.15, -0.1) is 0 Å². The van der Waals surface area contributed by atoms with Crippen molar-refractivity contribution in [1.29, 1.82) is 0 Å². The van der Waals surface area contributed by atoms with Gasteiger partial charge in [-0.3, -0.25) is 14.0 Å². The van der Waals surface area contributed by atoms with Gasteiger partial charge < -0.3 is 4.74 Å². The van der Waals surface area contributed by atoms with E-state index in [-0.39, 0.29) is 29.4 Å². The van der Waals surface area contributed by atoms with Crippen LogP contribution in [0.2, 0.25) is 0 Å². The van der Waals surface area contributed by atoms with Gasteiger partial charge >= 0.3 is 5.97 Å². The Kier molecular flexibility index (Phi) is 8.30. The molecule has 2 unspecified atom stereocenters. The van der Waals surface area contributed by atoms with Crippen molar-refractivity contribution in [3.05, 3.63) is 47.3 Å². The summed E-state index contributed by atoms with van der Waals surface area (Å²) in [5, 5.41) is 0. The van der Waals surface area contributed by atoms with Crippen LogP contribution in [0.15, 0.2) is 35.9 Å². The Bertz CT molecular complexity index is 579. The Hall–Kier alpha value is -2.04. The first-order valence-electron chi connectivity index (χ1n) is 7.92. The number of hydrogen-bond acceptors (Lipinski definition) is 3. The lowest BCUT2D eigenvalue weighted by Gasteiger charge is -2.28. The normalized spacial score (nSPS) is 19.9. The van der Waals surface area contributed by atoms with E-state index < -0.39 is 0 Å². The van der Waals surface area contributed by atoms with Gasteiger partial charge in [0.2, 0.25) is 0 Å². The summed E-state index contributed by atoms with van der Waals surface area (Å²) in [6.07, 6.45) is 4.37. The molecule has 0 spiro atoms. The maximum atomic E-state index is 12.9. The Morgan fingerprint density at radius 1 is 1.25 bits per heavy atom. The lowest BCUT2D eigenvalue weighted by molar-refractivity contribution is -0.146. The standard InChI is InChI=1S/C18H21FO3.CH3F/c1-12-10-16(20)11-14(17(12)18(21)22-2)5-3-4-13-6-8-15(19)9-7-13;1-2/h6-10,14,17H,3-5,11H2,1-2H3;1H3. The summed E-state index contributed by atoms with van der Waals surface area (Å²) < 4.78 is 27.2. The molecular formula is C19H24F2O3. The van der Waals surface area contributed by atoms with Crippen molar-refractivity contribution < 1.29 is 23.1 Å². The number of hydrogen-bond donors (Lipinski definition) is 0. The lowest BCUT2D eigenvalue weighted by atomic mass is 9.76. The number of aryl methyl sites for hydroxylation is 1. The van der Waals surface area contributed by atoms with E-state index in [1.807, 2.05) is 6.92 Å². The summed E-state index contributed by atoms with van der Waals surface area (Å²) >= 11 is 0. The second-order valence-corrected chi connectivity index (χ2v) is 5.84. The van der Waals surface area contributed by atoms with Crippen LogP contribution < -0.4 is 0 Å². The number of rotatable bonds is 5. The Labute approximate surface area is 141 Å². The van der Waals surface area contributed by atoms with Crippen LogP contribution in [0.5, 0.6) is 0 Å². The smallest absolute Gasteiger partial charge is 0.313 e. The largest absolute Gasteiger partial charge is 0.469 e. The first-order valence-corrected chi connectivity index (χ1v) is 7.92. The van der Waals surface area contributed by atoms with Crippen LogP contribution >= 0.6 is 0 Å². The van der Waals surface area contributed by atoms with Gasteiger partial charge in [-0.1, -0.05) is 17.7 Å². The zero-order valence-corrected chi connectivity index (χ0v) is 14.4. The summed E-state index contributed by atoms with van der Waals surface area (Å²) in [6, 6.07) is 6.43. The summed E-state index contributed by atoms with van der Waals surface area (Å²) in [7, 11) is 1.88. The molecule has 1 aromatic rings. The summed E-state index contributed by atoms with van der Waals surface area (Å²) in [4.78, 5) is 23.7. The molecule has 0 aromatic heterocycles. The SMILES string of the molecule is CF.COC(=O)C1C(C)=CC(=O)CC1CCCc1ccc(F)cc1. The minimum atomic E-state index is -0.323. The van der Waals surface area contributed by atoms with Crippen LogP contribution in [-0.2, 0) is 20.7 Å². The molecule has 0 N–H and O–H groups in total. The van der Waals surface area contributed by atoms with Crippen molar-refractivity contribution in [2.24, 2.45) is 11.8 Å². The molecule has 0 heterocycles. The van der Waals surface area contributed by atoms with Crippen molar-refractivity contribution in [1.82, 2.24) is 0 Å². The van der Waals surface area contributed by atoms with Crippen LogP contribution in [0.1, 0.15) is 31.7 Å². The van der Waals surface area contributed by atoms with E-state index in [2.05, 4.69) is 0 Å². The molecule has 0 radical (unpaired) electrons. The maximum absolute atomic E-state index is 12.9. The van der Waals surface area contributed by atoms with Crippen molar-refractivity contribution in [2.45, 2.75) is 32.6 Å². The number of alkyl halides is 1. The molecule has 1 aliphatic rings. The van der Waals surface area contributed by atoms with Crippen LogP contribution in [0.25, 0.3) is 0 Å². The van der Waals surface area contributed by atoms with E-state index in [9.17, 15) is 18.4 Å². The highest BCUT2D eigenvalue weighted by Crippen LogP contribution is 2.33. The van der Waals surface area contributed by atoms with Crippen molar-refractivity contribution in [3.63, 3.8) is 0 Å². The predicted molar refractivity (Wildman–Crippen MR) is 88.7 cm³/mol. The number of esters is 1. The average Bonchev–Trinajstić information content (AvgIpc) is 2.57. The first-order chi connectivity index (χ1) is 11.5. The second-order valence-electron chi connectivity index (χ2n) is 5.84. The van der Waals surface area contributed by atoms with Crippen molar-refractivity contribution in [3.8, 4) is 0 Å². The molecule has 2 atom stereocenters. The highest BCUT2D eigenvalue weighted by Gasteiger charge is 2.34. The minimum absolute atomic E-state index is 0.00889. The third kappa shape index (κ3) is 5.55. The molecule has 0 bridgehead atoms. The van der Waals surface area contributed by atoms with Gasteiger partial charge in [-0.2, -0.15) is 0 Å². The van der Waals surface area contributed by atoms with Gasteiger partial charge in [-0.25, -0.2) is 4.39 Å². The number of allylic oxidation sites excluding steroid dienone is 1. The lowest BCUT2D eigenvalue weighted by Crippen LogP contribution is -2.31. The topological polar surface area (TPSA) is 43.4 Å². The van der Waals surface area contributed by atoms with Gasteiger partial charge in [0.25, 0.3) is 0 Å². The van der Waals surface area contributed by atoms with Crippen LogP contribution in [-0.4, -0.2) is 26.0 Å². The first kappa shape index (κ1) is 20.0. The Morgan fingerprint density at radius 3 is 2.46 bits per heavy atom. The van der Waals surface area contributed by atoms with E-state index in [1.165, 1.54) is 19.2 Å². The fraction of sp³-hybridized carbons (Fsp3) is 0.474. The van der Waals surface area contributed by atoms with Crippen LogP contribution in [0.4, 0.5) is 8.78 Å². The van der Waals surface area contributed by atoms with E-state index in [1.54, 1.807) is 18.2 Å². The zero-order chi connectivity index (χ0) is 18.1. The second kappa shape index (κ2) is 9.96. The third-order valence-corrected chi connectivity index (χ3v) is 4.22. The molecule has 2 rings (SSSR count). The zero-order valence-electron chi connectivity index (χ0n) is 14.4. The predicted octanol–water partition coefficient (Wildman–Crippen LogP) is 4.06. The third-order valence-electron chi connectivity index (χ3n) is 4.22. The molecule has 3 nitrogen and oxygen atoms in total. The molecule has 24 heavy (non-hydrogen) atoms. The Morgan fingerprint density at radius 2 is 1.88 bits per heavy atom. The quantitative estimate of drug-likeness (QED) is 0.761. The highest BCUT2D eigenvalue weighted by atomic mass is 19.1.